The van der Waals surface area contributed by atoms with E-state index in [2.05, 4.69) is 16.4 Å². The Balaban J connectivity index is 1.47. The molecule has 8 nitrogen and oxygen atoms in total. The van der Waals surface area contributed by atoms with E-state index in [9.17, 15) is 9.90 Å². The predicted octanol–water partition coefficient (Wildman–Crippen LogP) is 3.09. The van der Waals surface area contributed by atoms with Crippen LogP contribution in [0, 0.1) is 30.1 Å². The van der Waals surface area contributed by atoms with Crippen molar-refractivity contribution in [3.63, 3.8) is 0 Å². The summed E-state index contributed by atoms with van der Waals surface area (Å²) in [5.74, 6) is 1.33. The number of hydrogen-bond acceptors (Lipinski definition) is 6. The number of aliphatic hydroxyl groups is 1. The van der Waals surface area contributed by atoms with Crippen LogP contribution in [0.4, 0.5) is 11.6 Å². The van der Waals surface area contributed by atoms with Gasteiger partial charge in [-0.15, -0.1) is 0 Å². The third-order valence-corrected chi connectivity index (χ3v) is 7.88. The van der Waals surface area contributed by atoms with Crippen molar-refractivity contribution >= 4 is 22.8 Å². The topological polar surface area (TPSA) is 109 Å². The zero-order valence-corrected chi connectivity index (χ0v) is 18.3. The second-order valence-corrected chi connectivity index (χ2v) is 10.3. The minimum atomic E-state index is -0.667. The zero-order valence-electron chi connectivity index (χ0n) is 18.3. The summed E-state index contributed by atoms with van der Waals surface area (Å²) in [6.45, 7) is 1.93. The van der Waals surface area contributed by atoms with Gasteiger partial charge in [0, 0.05) is 12.7 Å². The van der Waals surface area contributed by atoms with E-state index in [-0.39, 0.29) is 11.2 Å². The fourth-order valence-corrected chi connectivity index (χ4v) is 7.02. The van der Waals surface area contributed by atoms with E-state index in [0.29, 0.717) is 40.9 Å². The minimum Gasteiger partial charge on any atom is -0.390 e. The van der Waals surface area contributed by atoms with Crippen LogP contribution in [0.2, 0.25) is 0 Å². The van der Waals surface area contributed by atoms with Gasteiger partial charge in [0.15, 0.2) is 5.65 Å². The summed E-state index contributed by atoms with van der Waals surface area (Å²) in [6.07, 6.45) is 7.02. The third-order valence-electron chi connectivity index (χ3n) is 7.88. The van der Waals surface area contributed by atoms with Gasteiger partial charge in [-0.1, -0.05) is 0 Å². The molecule has 2 atom stereocenters. The molecule has 2 unspecified atom stereocenters. The normalized spacial score (nSPS) is 30.6. The molecule has 0 radical (unpaired) electrons. The Labute approximate surface area is 185 Å². The van der Waals surface area contributed by atoms with Crippen molar-refractivity contribution in [2.75, 3.05) is 5.32 Å². The molecule has 0 aliphatic heterocycles. The summed E-state index contributed by atoms with van der Waals surface area (Å²) in [5.41, 5.74) is 2.50. The van der Waals surface area contributed by atoms with Gasteiger partial charge in [0.05, 0.1) is 29.0 Å². The van der Waals surface area contributed by atoms with Crippen LogP contribution in [0.5, 0.6) is 0 Å². The van der Waals surface area contributed by atoms with Crippen molar-refractivity contribution in [3.05, 3.63) is 46.0 Å². The minimum absolute atomic E-state index is 0.0912. The van der Waals surface area contributed by atoms with Crippen molar-refractivity contribution in [1.82, 2.24) is 19.1 Å². The van der Waals surface area contributed by atoms with Gasteiger partial charge in [-0.2, -0.15) is 10.2 Å². The maximum Gasteiger partial charge on any atom is 0.330 e. The largest absolute Gasteiger partial charge is 0.390 e. The summed E-state index contributed by atoms with van der Waals surface area (Å²) in [5, 5.41) is 23.6. The van der Waals surface area contributed by atoms with Gasteiger partial charge in [-0.3, -0.25) is 9.13 Å². The highest BCUT2D eigenvalue weighted by Gasteiger charge is 2.59. The molecular formula is C24H26N6O2. The number of nitrogens with zero attached hydrogens (tertiary/aromatic N) is 5. The molecule has 4 bridgehead atoms. The number of nitriles is 1. The first-order valence-electron chi connectivity index (χ1n) is 11.2. The second-order valence-electron chi connectivity index (χ2n) is 10.3. The summed E-state index contributed by atoms with van der Waals surface area (Å²) < 4.78 is 3.48. The maximum atomic E-state index is 13.4. The molecule has 0 spiro atoms. The molecule has 2 heterocycles. The van der Waals surface area contributed by atoms with Crippen LogP contribution >= 0.6 is 0 Å². The lowest BCUT2D eigenvalue weighted by Gasteiger charge is -2.60. The van der Waals surface area contributed by atoms with Crippen molar-refractivity contribution < 1.29 is 5.11 Å². The third kappa shape index (κ3) is 2.74. The molecule has 4 aliphatic carbocycles. The van der Waals surface area contributed by atoms with Crippen molar-refractivity contribution in [2.45, 2.75) is 56.6 Å². The molecule has 2 aromatic heterocycles. The predicted molar refractivity (Wildman–Crippen MR) is 120 cm³/mol. The number of benzene rings is 1. The highest BCUT2D eigenvalue weighted by Crippen LogP contribution is 2.60. The van der Waals surface area contributed by atoms with Gasteiger partial charge in [-0.05, 0) is 81.0 Å². The van der Waals surface area contributed by atoms with Crippen LogP contribution in [0.3, 0.4) is 0 Å². The van der Waals surface area contributed by atoms with Gasteiger partial charge in [0.2, 0.25) is 5.95 Å². The van der Waals surface area contributed by atoms with Gasteiger partial charge >= 0.3 is 5.69 Å². The molecule has 32 heavy (non-hydrogen) atoms. The molecular weight excluding hydrogens is 404 g/mol. The van der Waals surface area contributed by atoms with Gasteiger partial charge in [-0.25, -0.2) is 9.78 Å². The quantitative estimate of drug-likeness (QED) is 0.661. The van der Waals surface area contributed by atoms with Crippen molar-refractivity contribution in [2.24, 2.45) is 18.9 Å². The number of aryl methyl sites for hydroxylation is 2. The maximum absolute atomic E-state index is 13.4. The smallest absolute Gasteiger partial charge is 0.330 e. The monoisotopic (exact) mass is 430 g/mol. The van der Waals surface area contributed by atoms with Crippen LogP contribution < -0.4 is 11.0 Å². The van der Waals surface area contributed by atoms with Gasteiger partial charge < -0.3 is 10.4 Å². The summed E-state index contributed by atoms with van der Waals surface area (Å²) >= 11 is 0. The fraction of sp³-hybridized carbons (Fsp3) is 0.500. The molecule has 4 saturated carbocycles. The number of hydrogen-bond donors (Lipinski definition) is 2. The van der Waals surface area contributed by atoms with Gasteiger partial charge in [0.1, 0.15) is 5.52 Å². The van der Waals surface area contributed by atoms with Crippen LogP contribution in [0.25, 0.3) is 11.2 Å². The summed E-state index contributed by atoms with van der Waals surface area (Å²) in [6, 6.07) is 7.55. The van der Waals surface area contributed by atoms with Crippen LogP contribution in [0.1, 0.15) is 49.7 Å². The highest BCUT2D eigenvalue weighted by molar-refractivity contribution is 5.73. The average Bonchev–Trinajstić information content (AvgIpc) is 2.98. The number of anilines is 2. The Morgan fingerprint density at radius 2 is 2.00 bits per heavy atom. The Kier molecular flexibility index (Phi) is 3.91. The van der Waals surface area contributed by atoms with E-state index in [1.165, 1.54) is 0 Å². The average molecular weight is 431 g/mol. The van der Waals surface area contributed by atoms with E-state index < -0.39 is 5.60 Å². The summed E-state index contributed by atoms with van der Waals surface area (Å²) in [4.78, 5) is 22.7. The Bertz CT molecular complexity index is 1350. The van der Waals surface area contributed by atoms with E-state index in [4.69, 9.17) is 10.2 Å². The van der Waals surface area contributed by atoms with Gasteiger partial charge in [0.25, 0.3) is 0 Å². The van der Waals surface area contributed by atoms with Crippen molar-refractivity contribution in [1.29, 1.82) is 5.26 Å². The second kappa shape index (κ2) is 6.42. The molecule has 0 saturated heterocycles. The van der Waals surface area contributed by atoms with E-state index in [1.807, 2.05) is 23.6 Å². The molecule has 4 aliphatic rings. The number of nitrogens with one attached hydrogen (secondary N) is 1. The fourth-order valence-electron chi connectivity index (χ4n) is 7.02. The van der Waals surface area contributed by atoms with Crippen molar-refractivity contribution in [3.8, 4) is 6.07 Å². The van der Waals surface area contributed by atoms with E-state index in [0.717, 1.165) is 43.4 Å². The van der Waals surface area contributed by atoms with Crippen LogP contribution in [-0.4, -0.2) is 29.8 Å². The molecule has 0 amide bonds. The standard InChI is InChI=1S/C24H26N6O2/c1-14-5-15(11-25)3-4-18(14)27-21-26-12-19-20(28-21)30(22(31)29(19)2)23-7-16-6-17(8-23)10-24(32,9-16)13-23/h3-5,12,16-17,32H,6-10,13H2,1-2H3,(H,26,27,28). The Hall–Kier alpha value is -3.18. The molecule has 164 valence electrons. The molecule has 7 rings (SSSR count). The molecule has 8 heteroatoms. The molecule has 2 N–H and O–H groups in total. The van der Waals surface area contributed by atoms with E-state index in [1.54, 1.807) is 23.9 Å². The zero-order chi connectivity index (χ0) is 22.3. The lowest BCUT2D eigenvalue weighted by molar-refractivity contribution is -0.156. The molecule has 1 aromatic carbocycles. The highest BCUT2D eigenvalue weighted by atomic mass is 16.3. The van der Waals surface area contributed by atoms with Crippen LogP contribution in [0.15, 0.2) is 29.2 Å². The summed E-state index contributed by atoms with van der Waals surface area (Å²) in [7, 11) is 1.76. The Morgan fingerprint density at radius 1 is 1.25 bits per heavy atom. The number of aromatic nitrogens is 4. The first-order chi connectivity index (χ1) is 15.3. The molecule has 3 aromatic rings. The Morgan fingerprint density at radius 3 is 2.66 bits per heavy atom. The number of fused-ring (bicyclic) bond motifs is 1. The number of rotatable bonds is 3. The lowest BCUT2D eigenvalue weighted by atomic mass is 9.51. The first kappa shape index (κ1) is 19.5. The first-order valence-corrected chi connectivity index (χ1v) is 11.2. The SMILES string of the molecule is Cc1cc(C#N)ccc1Nc1ncc2c(n1)n(C13CC4CC(CC(O)(C4)C1)C3)c(=O)n2C. The van der Waals surface area contributed by atoms with Crippen LogP contribution in [-0.2, 0) is 12.6 Å². The number of imidazole rings is 1. The molecule has 4 fully saturated rings. The van der Waals surface area contributed by atoms with E-state index >= 15 is 0 Å². The lowest BCUT2D eigenvalue weighted by Crippen LogP contribution is -2.61.